The highest BCUT2D eigenvalue weighted by Crippen LogP contribution is 2.37. The molecule has 0 saturated carbocycles. The molecule has 2 amide bonds. The van der Waals surface area contributed by atoms with Crippen LogP contribution in [-0.4, -0.2) is 79.9 Å². The first-order valence-corrected chi connectivity index (χ1v) is 15.0. The molecule has 2 aromatic heterocycles. The first-order chi connectivity index (χ1) is 22.0. The second kappa shape index (κ2) is 14.2. The van der Waals surface area contributed by atoms with Crippen LogP contribution < -0.4 is 4.90 Å². The van der Waals surface area contributed by atoms with Gasteiger partial charge >= 0.3 is 24.4 Å². The molecule has 1 aliphatic rings. The lowest BCUT2D eigenvalue weighted by atomic mass is 10.0. The van der Waals surface area contributed by atoms with Gasteiger partial charge in [0.2, 0.25) is 5.95 Å². The van der Waals surface area contributed by atoms with Crippen molar-refractivity contribution in [2.24, 2.45) is 7.05 Å². The molecule has 4 rings (SSSR count). The number of aromatic nitrogens is 4. The Morgan fingerprint density at radius 1 is 0.979 bits per heavy atom. The number of hydrogen-bond acceptors (Lipinski definition) is 7. The number of anilines is 1. The molecular weight excluding hydrogens is 632 g/mol. The number of aryl methyl sites for hydroxylation is 1. The van der Waals surface area contributed by atoms with E-state index >= 15 is 0 Å². The van der Waals surface area contributed by atoms with Crippen LogP contribution in [0.15, 0.2) is 43.0 Å². The lowest BCUT2D eigenvalue weighted by molar-refractivity contribution is -0.145. The molecular formula is C31H37F6N7O3. The third kappa shape index (κ3) is 8.32. The van der Waals surface area contributed by atoms with Crippen LogP contribution in [0.1, 0.15) is 56.7 Å². The minimum Gasteiger partial charge on any atom is -0.467 e. The van der Waals surface area contributed by atoms with E-state index in [1.807, 2.05) is 13.8 Å². The van der Waals surface area contributed by atoms with Gasteiger partial charge in [0.15, 0.2) is 0 Å². The first-order valence-electron chi connectivity index (χ1n) is 15.0. The minimum absolute atomic E-state index is 0.00294. The molecule has 0 radical (unpaired) electrons. The van der Waals surface area contributed by atoms with E-state index in [-0.39, 0.29) is 30.2 Å². The fourth-order valence-electron chi connectivity index (χ4n) is 5.51. The molecule has 0 N–H and O–H groups in total. The van der Waals surface area contributed by atoms with Crippen LogP contribution in [0.25, 0.3) is 11.1 Å². The van der Waals surface area contributed by atoms with Crippen LogP contribution >= 0.6 is 0 Å². The van der Waals surface area contributed by atoms with E-state index in [2.05, 4.69) is 15.1 Å². The highest BCUT2D eigenvalue weighted by atomic mass is 19.4. The van der Waals surface area contributed by atoms with Crippen molar-refractivity contribution in [2.45, 2.75) is 77.1 Å². The smallest absolute Gasteiger partial charge is 0.416 e. The van der Waals surface area contributed by atoms with Crippen LogP contribution in [0.3, 0.4) is 0 Å². The molecule has 47 heavy (non-hydrogen) atoms. The Labute approximate surface area is 268 Å². The molecule has 1 aliphatic heterocycles. The molecule has 0 bridgehead atoms. The number of ether oxygens (including phenoxy) is 1. The van der Waals surface area contributed by atoms with Crippen LogP contribution in [0.2, 0.25) is 0 Å². The van der Waals surface area contributed by atoms with Crippen molar-refractivity contribution in [3.63, 3.8) is 0 Å². The van der Waals surface area contributed by atoms with E-state index in [1.54, 1.807) is 35.9 Å². The van der Waals surface area contributed by atoms with Gasteiger partial charge in [-0.2, -0.15) is 31.4 Å². The van der Waals surface area contributed by atoms with E-state index in [4.69, 9.17) is 4.74 Å². The van der Waals surface area contributed by atoms with Gasteiger partial charge in [0.05, 0.1) is 24.4 Å². The highest BCUT2D eigenvalue weighted by Gasteiger charge is 2.40. The van der Waals surface area contributed by atoms with Gasteiger partial charge in [-0.25, -0.2) is 19.6 Å². The summed E-state index contributed by atoms with van der Waals surface area (Å²) in [4.78, 5) is 39.6. The lowest BCUT2D eigenvalue weighted by Crippen LogP contribution is -2.54. The molecule has 1 saturated heterocycles. The normalized spacial score (nSPS) is 16.6. The number of likely N-dealkylation sites (tertiary alicyclic amines) is 1. The maximum atomic E-state index is 13.9. The topological polar surface area (TPSA) is 96.7 Å². The number of methoxy groups -OCH3 is 1. The monoisotopic (exact) mass is 669 g/mol. The third-order valence-corrected chi connectivity index (χ3v) is 8.27. The average Bonchev–Trinajstić information content (AvgIpc) is 3.70. The number of benzene rings is 1. The molecule has 0 spiro atoms. The maximum Gasteiger partial charge on any atom is 0.416 e. The quantitative estimate of drug-likeness (QED) is 0.188. The molecule has 3 aromatic rings. The zero-order valence-electron chi connectivity index (χ0n) is 26.6. The summed E-state index contributed by atoms with van der Waals surface area (Å²) in [6.45, 7) is 5.26. The summed E-state index contributed by atoms with van der Waals surface area (Å²) in [5.41, 5.74) is -1.87. The van der Waals surface area contributed by atoms with E-state index in [0.29, 0.717) is 49.1 Å². The summed E-state index contributed by atoms with van der Waals surface area (Å²) in [6.07, 6.45) is -2.21. The molecule has 3 heterocycles. The first kappa shape index (κ1) is 35.5. The fraction of sp³-hybridized carbons (Fsp3) is 0.516. The van der Waals surface area contributed by atoms with E-state index in [0.717, 1.165) is 0 Å². The fourth-order valence-corrected chi connectivity index (χ4v) is 5.51. The van der Waals surface area contributed by atoms with Gasteiger partial charge in [-0.1, -0.05) is 6.92 Å². The predicted molar refractivity (Wildman–Crippen MR) is 160 cm³/mol. The van der Waals surface area contributed by atoms with Crippen molar-refractivity contribution in [1.29, 1.82) is 0 Å². The van der Waals surface area contributed by atoms with Crippen molar-refractivity contribution in [3.8, 4) is 11.1 Å². The summed E-state index contributed by atoms with van der Waals surface area (Å²) >= 11 is 0. The molecule has 1 aromatic carbocycles. The number of amides is 2. The number of urea groups is 1. The van der Waals surface area contributed by atoms with E-state index < -0.39 is 54.1 Å². The van der Waals surface area contributed by atoms with Gasteiger partial charge in [0, 0.05) is 68.5 Å². The second-order valence-corrected chi connectivity index (χ2v) is 11.6. The Morgan fingerprint density at radius 2 is 1.60 bits per heavy atom. The molecule has 256 valence electrons. The number of esters is 1. The molecule has 16 heteroatoms. The Bertz CT molecular complexity index is 1510. The van der Waals surface area contributed by atoms with Gasteiger partial charge in [-0.15, -0.1) is 0 Å². The number of hydrogen-bond donors (Lipinski definition) is 0. The average molecular weight is 670 g/mol. The third-order valence-electron chi connectivity index (χ3n) is 8.27. The zero-order valence-corrected chi connectivity index (χ0v) is 26.6. The number of carbonyl (C=O) groups is 2. The Kier molecular flexibility index (Phi) is 10.7. The van der Waals surface area contributed by atoms with E-state index in [9.17, 15) is 35.9 Å². The van der Waals surface area contributed by atoms with Crippen molar-refractivity contribution in [1.82, 2.24) is 29.5 Å². The summed E-state index contributed by atoms with van der Waals surface area (Å²) in [5, 5.41) is 4.12. The van der Waals surface area contributed by atoms with Crippen LogP contribution in [0, 0.1) is 0 Å². The number of nitrogens with zero attached hydrogens (tertiary/aromatic N) is 7. The minimum atomic E-state index is -5.03. The van der Waals surface area contributed by atoms with Crippen LogP contribution in [-0.2, 0) is 35.5 Å². The largest absolute Gasteiger partial charge is 0.467 e. The molecule has 0 unspecified atom stereocenters. The predicted octanol–water partition coefficient (Wildman–Crippen LogP) is 6.17. The van der Waals surface area contributed by atoms with Gasteiger partial charge in [0.1, 0.15) is 6.04 Å². The van der Waals surface area contributed by atoms with Gasteiger partial charge in [-0.05, 0) is 56.9 Å². The van der Waals surface area contributed by atoms with Gasteiger partial charge in [0.25, 0.3) is 0 Å². The van der Waals surface area contributed by atoms with E-state index in [1.165, 1.54) is 29.3 Å². The molecule has 3 atom stereocenters. The number of halogens is 6. The van der Waals surface area contributed by atoms with Crippen molar-refractivity contribution >= 4 is 17.9 Å². The molecule has 10 nitrogen and oxygen atoms in total. The summed E-state index contributed by atoms with van der Waals surface area (Å²) in [7, 11) is 2.97. The lowest BCUT2D eigenvalue weighted by Gasteiger charge is -2.39. The van der Waals surface area contributed by atoms with Crippen LogP contribution in [0.5, 0.6) is 0 Å². The zero-order chi connectivity index (χ0) is 34.7. The van der Waals surface area contributed by atoms with Crippen molar-refractivity contribution in [3.05, 3.63) is 59.7 Å². The maximum absolute atomic E-state index is 13.9. The standard InChI is InChI=1S/C31H37F6N7O3/c1-6-19(2)44(29(46)42-9-7-8-26(42)27(45)47-5)16-20(3)43(28-38-13-22(14-39-28)23-15-40-41(4)18-23)17-21-10-24(30(32,33)34)12-25(11-21)31(35,36)37/h10-15,18-20,26H,6-9,16-17H2,1-5H3/t19-,20-,26-/m0/s1. The number of alkyl halides is 6. The van der Waals surface area contributed by atoms with Gasteiger partial charge < -0.3 is 19.4 Å². The van der Waals surface area contributed by atoms with Crippen LogP contribution in [0.4, 0.5) is 37.1 Å². The Morgan fingerprint density at radius 3 is 2.11 bits per heavy atom. The summed E-state index contributed by atoms with van der Waals surface area (Å²) < 4.78 is 88.8. The highest BCUT2D eigenvalue weighted by molar-refractivity contribution is 5.84. The Hall–Kier alpha value is -4.37. The van der Waals surface area contributed by atoms with Crippen molar-refractivity contribution in [2.75, 3.05) is 25.1 Å². The Balaban J connectivity index is 1.73. The molecule has 0 aliphatic carbocycles. The number of rotatable bonds is 10. The van der Waals surface area contributed by atoms with Crippen molar-refractivity contribution < 1.29 is 40.7 Å². The summed E-state index contributed by atoms with van der Waals surface area (Å²) in [6, 6.07) is -0.813. The summed E-state index contributed by atoms with van der Waals surface area (Å²) in [5.74, 6) is -0.511. The SMILES string of the molecule is CC[C@H](C)N(C[C@H](C)N(Cc1cc(C(F)(F)F)cc(C(F)(F)F)c1)c1ncc(-c2cnn(C)c2)cn1)C(=O)N1CCC[C@H]1C(=O)OC. The number of carbonyl (C=O) groups excluding carboxylic acids is 2. The molecule has 1 fully saturated rings. The second-order valence-electron chi connectivity index (χ2n) is 11.6. The van der Waals surface area contributed by atoms with Gasteiger partial charge in [-0.3, -0.25) is 4.68 Å².